The summed E-state index contributed by atoms with van der Waals surface area (Å²) in [7, 11) is 0. The molecule has 22 heavy (non-hydrogen) atoms. The fourth-order valence-electron chi connectivity index (χ4n) is 2.56. The maximum absolute atomic E-state index is 12.6. The molecule has 0 aliphatic rings. The van der Waals surface area contributed by atoms with Crippen molar-refractivity contribution >= 4 is 11.9 Å². The van der Waals surface area contributed by atoms with Crippen LogP contribution in [0.4, 0.5) is 5.95 Å². The molecule has 0 aromatic carbocycles. The Bertz CT molecular complexity index is 438. The first-order valence-electron chi connectivity index (χ1n) is 8.66. The molecule has 0 fully saturated rings. The van der Waals surface area contributed by atoms with Crippen molar-refractivity contribution < 1.29 is 4.79 Å². The second kappa shape index (κ2) is 9.54. The Morgan fingerprint density at radius 1 is 1.14 bits per heavy atom. The van der Waals surface area contributed by atoms with Crippen LogP contribution in [0.5, 0.6) is 0 Å². The fourth-order valence-corrected chi connectivity index (χ4v) is 2.56. The summed E-state index contributed by atoms with van der Waals surface area (Å²) >= 11 is 0. The average Bonchev–Trinajstić information content (AvgIpc) is 2.50. The molecule has 124 valence electrons. The molecular weight excluding hydrogens is 274 g/mol. The number of carbonyl (C=O) groups is 1. The van der Waals surface area contributed by atoms with E-state index in [1.165, 1.54) is 0 Å². The normalized spacial score (nSPS) is 11.2. The number of aryl methyl sites for hydroxylation is 1. The van der Waals surface area contributed by atoms with Gasteiger partial charge in [0, 0.05) is 24.9 Å². The van der Waals surface area contributed by atoms with Gasteiger partial charge in [-0.2, -0.15) is 0 Å². The second-order valence-corrected chi connectivity index (χ2v) is 6.33. The van der Waals surface area contributed by atoms with Crippen molar-refractivity contribution in [3.05, 3.63) is 18.0 Å². The lowest BCUT2D eigenvalue weighted by Crippen LogP contribution is -2.41. The molecule has 0 spiro atoms. The van der Waals surface area contributed by atoms with Gasteiger partial charge < -0.3 is 0 Å². The van der Waals surface area contributed by atoms with Crippen LogP contribution in [-0.2, 0) is 11.2 Å². The Balaban J connectivity index is 2.97. The van der Waals surface area contributed by atoms with Gasteiger partial charge in [0.25, 0.3) is 0 Å². The number of hydrogen-bond acceptors (Lipinski definition) is 3. The predicted octanol–water partition coefficient (Wildman–Crippen LogP) is 4.39. The minimum absolute atomic E-state index is 0.130. The van der Waals surface area contributed by atoms with Gasteiger partial charge in [-0.25, -0.2) is 9.97 Å². The van der Waals surface area contributed by atoms with E-state index < -0.39 is 0 Å². The summed E-state index contributed by atoms with van der Waals surface area (Å²) in [4.78, 5) is 23.4. The van der Waals surface area contributed by atoms with Crippen molar-refractivity contribution in [2.75, 3.05) is 4.90 Å². The molecule has 0 N–H and O–H groups in total. The zero-order valence-electron chi connectivity index (χ0n) is 14.8. The first-order chi connectivity index (χ1) is 10.5. The summed E-state index contributed by atoms with van der Waals surface area (Å²) in [5.74, 6) is 1.03. The molecule has 0 saturated carbocycles. The van der Waals surface area contributed by atoms with Crippen molar-refractivity contribution in [1.82, 2.24) is 9.97 Å². The Kier molecular flexibility index (Phi) is 8.07. The van der Waals surface area contributed by atoms with Gasteiger partial charge in [0.15, 0.2) is 0 Å². The number of aromatic nitrogens is 2. The molecule has 1 amide bonds. The van der Waals surface area contributed by atoms with Gasteiger partial charge in [-0.1, -0.05) is 41.0 Å². The number of amides is 1. The lowest BCUT2D eigenvalue weighted by atomic mass is 10.1. The van der Waals surface area contributed by atoms with Crippen molar-refractivity contribution in [3.63, 3.8) is 0 Å². The highest BCUT2D eigenvalue weighted by atomic mass is 16.2. The van der Waals surface area contributed by atoms with E-state index in [9.17, 15) is 4.79 Å². The fraction of sp³-hybridized carbons (Fsp3) is 0.722. The number of rotatable bonds is 9. The van der Waals surface area contributed by atoms with Gasteiger partial charge >= 0.3 is 0 Å². The highest BCUT2D eigenvalue weighted by Gasteiger charge is 2.25. The number of hydrogen-bond donors (Lipinski definition) is 0. The van der Waals surface area contributed by atoms with Gasteiger partial charge in [0.2, 0.25) is 11.9 Å². The van der Waals surface area contributed by atoms with Gasteiger partial charge in [-0.05, 0) is 37.2 Å². The van der Waals surface area contributed by atoms with Crippen LogP contribution in [-0.4, -0.2) is 21.9 Å². The molecule has 0 aliphatic carbocycles. The van der Waals surface area contributed by atoms with Crippen LogP contribution in [0.15, 0.2) is 12.4 Å². The maximum atomic E-state index is 12.6. The predicted molar refractivity (Wildman–Crippen MR) is 92.0 cm³/mol. The first-order valence-corrected chi connectivity index (χ1v) is 8.66. The van der Waals surface area contributed by atoms with E-state index in [2.05, 4.69) is 44.6 Å². The lowest BCUT2D eigenvalue weighted by Gasteiger charge is -2.29. The third-order valence-corrected chi connectivity index (χ3v) is 3.89. The number of anilines is 1. The Morgan fingerprint density at radius 3 is 2.18 bits per heavy atom. The van der Waals surface area contributed by atoms with Crippen LogP contribution in [0, 0.1) is 5.92 Å². The molecule has 0 bridgehead atoms. The minimum Gasteiger partial charge on any atom is -0.278 e. The van der Waals surface area contributed by atoms with Crippen molar-refractivity contribution in [3.8, 4) is 0 Å². The number of carbonyl (C=O) groups excluding carboxylic acids is 1. The molecule has 0 atom stereocenters. The molecule has 1 aromatic rings. The summed E-state index contributed by atoms with van der Waals surface area (Å²) in [6, 6.07) is 0.174. The number of unbranched alkanes of at least 4 members (excludes halogenated alkanes) is 1. The molecule has 0 radical (unpaired) electrons. The molecule has 0 unspecified atom stereocenters. The van der Waals surface area contributed by atoms with Gasteiger partial charge in [-0.3, -0.25) is 9.69 Å². The zero-order chi connectivity index (χ0) is 16.5. The summed E-state index contributed by atoms with van der Waals surface area (Å²) in [6.07, 6.45) is 9.42. The topological polar surface area (TPSA) is 46.1 Å². The van der Waals surface area contributed by atoms with E-state index in [4.69, 9.17) is 0 Å². The standard InChI is InChI=1S/C18H31N3O/c1-6-9-10-15-12-19-18(20-13-15)21(16(7-2)8-3)17(22)11-14(4)5/h12-14,16H,6-11H2,1-5H3. The summed E-state index contributed by atoms with van der Waals surface area (Å²) in [6.45, 7) is 10.5. The van der Waals surface area contributed by atoms with Crippen LogP contribution < -0.4 is 4.90 Å². The summed E-state index contributed by atoms with van der Waals surface area (Å²) in [5.41, 5.74) is 1.14. The van der Waals surface area contributed by atoms with Crippen LogP contribution in [0.25, 0.3) is 0 Å². The molecule has 1 rings (SSSR count). The van der Waals surface area contributed by atoms with E-state index in [0.717, 1.165) is 37.7 Å². The summed E-state index contributed by atoms with van der Waals surface area (Å²) in [5, 5.41) is 0. The van der Waals surface area contributed by atoms with E-state index in [-0.39, 0.29) is 11.9 Å². The molecule has 0 aliphatic heterocycles. The van der Waals surface area contributed by atoms with E-state index >= 15 is 0 Å². The third kappa shape index (κ3) is 5.39. The zero-order valence-corrected chi connectivity index (χ0v) is 14.8. The van der Waals surface area contributed by atoms with Crippen molar-refractivity contribution in [1.29, 1.82) is 0 Å². The van der Waals surface area contributed by atoms with Gasteiger partial charge in [-0.15, -0.1) is 0 Å². The van der Waals surface area contributed by atoms with Crippen LogP contribution in [0.3, 0.4) is 0 Å². The van der Waals surface area contributed by atoms with Gasteiger partial charge in [0.1, 0.15) is 0 Å². The monoisotopic (exact) mass is 305 g/mol. The molecule has 4 nitrogen and oxygen atoms in total. The van der Waals surface area contributed by atoms with Crippen LogP contribution in [0.1, 0.15) is 72.3 Å². The number of nitrogens with zero attached hydrogens (tertiary/aromatic N) is 3. The largest absolute Gasteiger partial charge is 0.278 e. The molecule has 1 heterocycles. The Morgan fingerprint density at radius 2 is 1.73 bits per heavy atom. The second-order valence-electron chi connectivity index (χ2n) is 6.33. The van der Waals surface area contributed by atoms with Gasteiger partial charge in [0.05, 0.1) is 0 Å². The Labute approximate surface area is 135 Å². The molecule has 0 saturated heterocycles. The molecular formula is C18H31N3O. The van der Waals surface area contributed by atoms with Crippen LogP contribution >= 0.6 is 0 Å². The molecule has 1 aromatic heterocycles. The van der Waals surface area contributed by atoms with Crippen molar-refractivity contribution in [2.45, 2.75) is 79.2 Å². The SMILES string of the molecule is CCCCc1cnc(N(C(=O)CC(C)C)C(CC)CC)nc1. The van der Waals surface area contributed by atoms with Crippen LogP contribution in [0.2, 0.25) is 0 Å². The third-order valence-electron chi connectivity index (χ3n) is 3.89. The van der Waals surface area contributed by atoms with Crippen molar-refractivity contribution in [2.24, 2.45) is 5.92 Å². The van der Waals surface area contributed by atoms with E-state index in [1.807, 2.05) is 17.3 Å². The first kappa shape index (κ1) is 18.6. The van der Waals surface area contributed by atoms with E-state index in [0.29, 0.717) is 18.3 Å². The highest BCUT2D eigenvalue weighted by molar-refractivity contribution is 5.92. The molecule has 4 heteroatoms. The quantitative estimate of drug-likeness (QED) is 0.680. The van der Waals surface area contributed by atoms with E-state index in [1.54, 1.807) is 0 Å². The maximum Gasteiger partial charge on any atom is 0.232 e. The summed E-state index contributed by atoms with van der Waals surface area (Å²) < 4.78 is 0. The average molecular weight is 305 g/mol. The minimum atomic E-state index is 0.130. The Hall–Kier alpha value is -1.45. The lowest BCUT2D eigenvalue weighted by molar-refractivity contribution is -0.119. The smallest absolute Gasteiger partial charge is 0.232 e. The highest BCUT2D eigenvalue weighted by Crippen LogP contribution is 2.19.